The lowest BCUT2D eigenvalue weighted by Gasteiger charge is -2.16. The van der Waals surface area contributed by atoms with E-state index < -0.39 is 9.84 Å². The molecule has 4 nitrogen and oxygen atoms in total. The van der Waals surface area contributed by atoms with Crippen molar-refractivity contribution in [2.24, 2.45) is 11.7 Å². The number of sulfone groups is 1. The van der Waals surface area contributed by atoms with Gasteiger partial charge in [-0.3, -0.25) is 4.79 Å². The minimum atomic E-state index is -3.18. The summed E-state index contributed by atoms with van der Waals surface area (Å²) in [5.74, 6) is -0.232. The predicted molar refractivity (Wildman–Crippen MR) is 73.2 cm³/mol. The fraction of sp³-hybridized carbons (Fsp3) is 0.417. The monoisotopic (exact) mass is 287 g/mol. The first-order valence-electron chi connectivity index (χ1n) is 5.48. The molecule has 2 N–H and O–H groups in total. The highest BCUT2D eigenvalue weighted by Crippen LogP contribution is 2.28. The maximum Gasteiger partial charge on any atom is 0.231 e. The first-order valence-corrected chi connectivity index (χ1v) is 8.25. The average Bonchev–Trinajstić information content (AvgIpc) is 2.24. The average molecular weight is 287 g/mol. The van der Waals surface area contributed by atoms with Crippen LogP contribution in [0.4, 0.5) is 0 Å². The van der Waals surface area contributed by atoms with Crippen LogP contribution in [0.1, 0.15) is 13.8 Å². The Morgan fingerprint density at radius 1 is 1.22 bits per heavy atom. The molecule has 100 valence electrons. The van der Waals surface area contributed by atoms with E-state index in [1.807, 2.05) is 13.8 Å². The van der Waals surface area contributed by atoms with E-state index in [4.69, 9.17) is 5.73 Å². The Balaban J connectivity index is 2.90. The normalized spacial score (nSPS) is 13.6. The molecule has 0 aliphatic heterocycles. The van der Waals surface area contributed by atoms with Crippen molar-refractivity contribution in [1.82, 2.24) is 0 Å². The first-order chi connectivity index (χ1) is 8.21. The summed E-state index contributed by atoms with van der Waals surface area (Å²) < 4.78 is 22.6. The third-order valence-corrected chi connectivity index (χ3v) is 5.10. The van der Waals surface area contributed by atoms with E-state index in [9.17, 15) is 13.2 Å². The van der Waals surface area contributed by atoms with Crippen molar-refractivity contribution in [3.8, 4) is 0 Å². The molecule has 0 spiro atoms. The van der Waals surface area contributed by atoms with Crippen LogP contribution in [0.2, 0.25) is 0 Å². The molecule has 0 saturated carbocycles. The summed E-state index contributed by atoms with van der Waals surface area (Å²) >= 11 is 1.35. The molecule has 0 bridgehead atoms. The lowest BCUT2D eigenvalue weighted by atomic mass is 10.1. The van der Waals surface area contributed by atoms with E-state index in [-0.39, 0.29) is 22.0 Å². The van der Waals surface area contributed by atoms with Gasteiger partial charge in [-0.25, -0.2) is 8.42 Å². The zero-order valence-electron chi connectivity index (χ0n) is 10.6. The van der Waals surface area contributed by atoms with Crippen LogP contribution in [0, 0.1) is 5.92 Å². The van der Waals surface area contributed by atoms with Gasteiger partial charge < -0.3 is 5.73 Å². The van der Waals surface area contributed by atoms with Crippen LogP contribution in [0.5, 0.6) is 0 Å². The molecule has 0 aliphatic rings. The van der Waals surface area contributed by atoms with Crippen molar-refractivity contribution >= 4 is 27.5 Å². The van der Waals surface area contributed by atoms with Gasteiger partial charge in [-0.2, -0.15) is 0 Å². The third kappa shape index (κ3) is 4.03. The van der Waals surface area contributed by atoms with Gasteiger partial charge in [-0.1, -0.05) is 13.8 Å². The molecule has 1 amide bonds. The minimum absolute atomic E-state index is 0.127. The van der Waals surface area contributed by atoms with Crippen LogP contribution < -0.4 is 5.73 Å². The zero-order valence-corrected chi connectivity index (χ0v) is 12.2. The molecule has 0 aliphatic carbocycles. The Kier molecular flexibility index (Phi) is 4.81. The molecule has 0 radical (unpaired) electrons. The molecule has 1 unspecified atom stereocenters. The van der Waals surface area contributed by atoms with E-state index in [1.165, 1.54) is 23.9 Å². The zero-order chi connectivity index (χ0) is 13.9. The van der Waals surface area contributed by atoms with Gasteiger partial charge in [0, 0.05) is 11.2 Å². The van der Waals surface area contributed by atoms with Crippen molar-refractivity contribution in [3.05, 3.63) is 24.3 Å². The highest BCUT2D eigenvalue weighted by atomic mass is 32.2. The fourth-order valence-electron chi connectivity index (χ4n) is 1.43. The second-order valence-electron chi connectivity index (χ2n) is 4.43. The number of thioether (sulfide) groups is 1. The third-order valence-electron chi connectivity index (χ3n) is 2.40. The van der Waals surface area contributed by atoms with Gasteiger partial charge >= 0.3 is 0 Å². The van der Waals surface area contributed by atoms with Crippen LogP contribution >= 0.6 is 11.8 Å². The van der Waals surface area contributed by atoms with E-state index in [0.717, 1.165) is 11.2 Å². The van der Waals surface area contributed by atoms with Crippen LogP contribution in [0.25, 0.3) is 0 Å². The Hall–Kier alpha value is -1.01. The Morgan fingerprint density at radius 2 is 1.72 bits per heavy atom. The number of hydrogen-bond acceptors (Lipinski definition) is 4. The van der Waals surface area contributed by atoms with E-state index in [1.54, 1.807) is 12.1 Å². The van der Waals surface area contributed by atoms with Crippen LogP contribution in [-0.4, -0.2) is 25.8 Å². The highest BCUT2D eigenvalue weighted by Gasteiger charge is 2.20. The topological polar surface area (TPSA) is 77.2 Å². The Bertz CT molecular complexity index is 521. The summed E-state index contributed by atoms with van der Waals surface area (Å²) in [7, 11) is -3.18. The predicted octanol–water partition coefficient (Wildman–Crippen LogP) is 1.69. The molecule has 0 heterocycles. The number of amides is 1. The lowest BCUT2D eigenvalue weighted by molar-refractivity contribution is -0.118. The molecule has 1 aromatic carbocycles. The molecular weight excluding hydrogens is 270 g/mol. The summed E-state index contributed by atoms with van der Waals surface area (Å²) in [6.45, 7) is 3.85. The maximum atomic E-state index is 11.3. The standard InChI is InChI=1S/C12H17NO3S2/c1-8(2)11(12(13)14)17-9-4-6-10(7-5-9)18(3,15)16/h4-8,11H,1-3H3,(H2,13,14). The number of carbonyl (C=O) groups is 1. The van der Waals surface area contributed by atoms with Crippen molar-refractivity contribution < 1.29 is 13.2 Å². The number of carbonyl (C=O) groups excluding carboxylic acids is 1. The fourth-order valence-corrected chi connectivity index (χ4v) is 3.04. The minimum Gasteiger partial charge on any atom is -0.369 e. The van der Waals surface area contributed by atoms with E-state index in [2.05, 4.69) is 0 Å². The molecule has 0 fully saturated rings. The van der Waals surface area contributed by atoms with Crippen LogP contribution in [0.3, 0.4) is 0 Å². The van der Waals surface area contributed by atoms with Crippen LogP contribution in [0.15, 0.2) is 34.1 Å². The number of nitrogens with two attached hydrogens (primary N) is 1. The molecular formula is C12H17NO3S2. The van der Waals surface area contributed by atoms with Crippen molar-refractivity contribution in [2.75, 3.05) is 6.26 Å². The summed E-state index contributed by atoms with van der Waals surface area (Å²) in [5.41, 5.74) is 5.33. The van der Waals surface area contributed by atoms with Gasteiger partial charge in [0.1, 0.15) is 0 Å². The molecule has 1 aromatic rings. The Morgan fingerprint density at radius 3 is 2.06 bits per heavy atom. The SMILES string of the molecule is CC(C)C(Sc1ccc(S(C)(=O)=O)cc1)C(N)=O. The van der Waals surface area contributed by atoms with Crippen LogP contribution in [-0.2, 0) is 14.6 Å². The summed E-state index contributed by atoms with van der Waals surface area (Å²) in [6, 6.07) is 6.46. The van der Waals surface area contributed by atoms with Gasteiger partial charge in [0.15, 0.2) is 9.84 Å². The molecule has 18 heavy (non-hydrogen) atoms. The number of primary amides is 1. The summed E-state index contributed by atoms with van der Waals surface area (Å²) in [6.07, 6.45) is 1.16. The van der Waals surface area contributed by atoms with Gasteiger partial charge in [0.2, 0.25) is 5.91 Å². The summed E-state index contributed by atoms with van der Waals surface area (Å²) in [5, 5.41) is -0.311. The molecule has 0 saturated heterocycles. The van der Waals surface area contributed by atoms with E-state index in [0.29, 0.717) is 0 Å². The number of rotatable bonds is 5. The van der Waals surface area contributed by atoms with Gasteiger partial charge in [0.25, 0.3) is 0 Å². The second-order valence-corrected chi connectivity index (χ2v) is 7.66. The van der Waals surface area contributed by atoms with Crippen molar-refractivity contribution in [2.45, 2.75) is 28.9 Å². The summed E-state index contributed by atoms with van der Waals surface area (Å²) in [4.78, 5) is 12.4. The van der Waals surface area contributed by atoms with E-state index >= 15 is 0 Å². The van der Waals surface area contributed by atoms with Gasteiger partial charge in [-0.15, -0.1) is 11.8 Å². The second kappa shape index (κ2) is 5.75. The van der Waals surface area contributed by atoms with Gasteiger partial charge in [-0.05, 0) is 30.2 Å². The highest BCUT2D eigenvalue weighted by molar-refractivity contribution is 8.00. The number of benzene rings is 1. The van der Waals surface area contributed by atoms with Crippen molar-refractivity contribution in [1.29, 1.82) is 0 Å². The van der Waals surface area contributed by atoms with Gasteiger partial charge in [0.05, 0.1) is 10.1 Å². The maximum absolute atomic E-state index is 11.3. The lowest BCUT2D eigenvalue weighted by Crippen LogP contribution is -2.30. The van der Waals surface area contributed by atoms with Crippen molar-refractivity contribution in [3.63, 3.8) is 0 Å². The molecule has 0 aromatic heterocycles. The molecule has 1 rings (SSSR count). The molecule has 6 heteroatoms. The largest absolute Gasteiger partial charge is 0.369 e. The first kappa shape index (κ1) is 15.0. The smallest absolute Gasteiger partial charge is 0.231 e. The Labute approximate surface area is 112 Å². The quantitative estimate of drug-likeness (QED) is 0.836. The molecule has 1 atom stereocenters. The number of hydrogen-bond donors (Lipinski definition) is 1.